The fourth-order valence-corrected chi connectivity index (χ4v) is 8.00. The highest BCUT2D eigenvalue weighted by Gasteiger charge is 2.45. The van der Waals surface area contributed by atoms with Crippen LogP contribution in [0.4, 0.5) is 28.2 Å². The summed E-state index contributed by atoms with van der Waals surface area (Å²) in [6.45, 7) is 5.34. The third-order valence-corrected chi connectivity index (χ3v) is 11.4. The van der Waals surface area contributed by atoms with E-state index in [1.807, 2.05) is 36.4 Å². The number of fused-ring (bicyclic) bond motifs is 2. The minimum absolute atomic E-state index is 0.0732. The van der Waals surface area contributed by atoms with Gasteiger partial charge in [0, 0.05) is 78.6 Å². The molecule has 5 atom stereocenters. The number of ether oxygens (including phenoxy) is 2. The van der Waals surface area contributed by atoms with E-state index in [0.717, 1.165) is 73.2 Å². The molecule has 2 bridgehead atoms. The number of anilines is 1. The minimum Gasteiger partial charge on any atom is -0.453 e. The highest BCUT2D eigenvalue weighted by molar-refractivity contribution is 5.86. The Morgan fingerprint density at radius 2 is 1.66 bits per heavy atom. The molecule has 3 fully saturated rings. The number of nitrogens with zero attached hydrogens (tertiary/aromatic N) is 4. The lowest BCUT2D eigenvalue weighted by molar-refractivity contribution is -0.127. The molecule has 13 nitrogen and oxygen atoms in total. The Labute approximate surface area is 359 Å². The van der Waals surface area contributed by atoms with Gasteiger partial charge in [-0.2, -0.15) is 8.78 Å². The van der Waals surface area contributed by atoms with Gasteiger partial charge in [-0.25, -0.2) is 23.6 Å². The topological polar surface area (TPSA) is 167 Å². The molecule has 0 radical (unpaired) electrons. The maximum Gasteiger partial charge on any atom is 0.407 e. The number of amides is 2. The molecule has 62 heavy (non-hydrogen) atoms. The number of carbonyl (C=O) groups excluding carboxylic acids is 2. The van der Waals surface area contributed by atoms with E-state index in [1.54, 1.807) is 27.0 Å². The largest absolute Gasteiger partial charge is 0.453 e. The normalized spacial score (nSPS) is 19.7. The van der Waals surface area contributed by atoms with E-state index in [-0.39, 0.29) is 36.3 Å². The minimum atomic E-state index is -2.96. The smallest absolute Gasteiger partial charge is 0.407 e. The van der Waals surface area contributed by atoms with Gasteiger partial charge in [0.1, 0.15) is 23.5 Å². The first-order valence-electron chi connectivity index (χ1n) is 20.6. The lowest BCUT2D eigenvalue weighted by atomic mass is 9.85. The Morgan fingerprint density at radius 1 is 1.02 bits per heavy atom. The summed E-state index contributed by atoms with van der Waals surface area (Å²) in [5.41, 5.74) is 6.68. The Morgan fingerprint density at radius 3 is 2.23 bits per heavy atom. The van der Waals surface area contributed by atoms with Gasteiger partial charge in [0.05, 0.1) is 38.5 Å². The molecule has 6 rings (SSSR count). The number of hydrogen-bond donors (Lipinski definition) is 5. The van der Waals surface area contributed by atoms with Crippen LogP contribution in [0, 0.1) is 28.9 Å². The fourth-order valence-electron chi connectivity index (χ4n) is 8.00. The van der Waals surface area contributed by atoms with Crippen molar-refractivity contribution in [2.45, 2.75) is 89.4 Å². The number of rotatable bonds is 15. The van der Waals surface area contributed by atoms with Gasteiger partial charge in [0.15, 0.2) is 0 Å². The summed E-state index contributed by atoms with van der Waals surface area (Å²) in [7, 11) is 1.18. The number of piperazine rings is 1. The van der Waals surface area contributed by atoms with Crippen molar-refractivity contribution in [3.05, 3.63) is 100 Å². The van der Waals surface area contributed by atoms with Crippen molar-refractivity contribution in [1.29, 1.82) is 0 Å². The summed E-state index contributed by atoms with van der Waals surface area (Å²) in [5.74, 6) is 4.81. The van der Waals surface area contributed by atoms with Gasteiger partial charge in [-0.1, -0.05) is 44.7 Å². The van der Waals surface area contributed by atoms with E-state index >= 15 is 8.78 Å². The number of methoxy groups -OCH3 is 1. The van der Waals surface area contributed by atoms with Crippen molar-refractivity contribution in [2.75, 3.05) is 44.9 Å². The molecule has 6 N–H and O–H groups in total. The fraction of sp³-hybridized carbons (Fsp3) is 0.467. The molecule has 2 amide bonds. The number of nitrogens with one attached hydrogen (secondary N) is 3. The number of hydrogen-bond acceptors (Lipinski definition) is 11. The zero-order valence-corrected chi connectivity index (χ0v) is 35.2. The molecule has 0 spiro atoms. The van der Waals surface area contributed by atoms with Gasteiger partial charge < -0.3 is 41.2 Å². The Balaban J connectivity index is 1.10. The molecular formula is C45H54F4N8O5. The van der Waals surface area contributed by atoms with Crippen molar-refractivity contribution < 1.29 is 41.7 Å². The van der Waals surface area contributed by atoms with Gasteiger partial charge in [-0.05, 0) is 72.7 Å². The van der Waals surface area contributed by atoms with Crippen molar-refractivity contribution in [1.82, 2.24) is 25.8 Å². The van der Waals surface area contributed by atoms with E-state index in [0.29, 0.717) is 18.1 Å². The highest BCUT2D eigenvalue weighted by atomic mass is 19.3. The highest BCUT2D eigenvalue weighted by Crippen LogP contribution is 2.35. The maximum atomic E-state index is 15.0. The molecule has 332 valence electrons. The molecule has 4 heterocycles. The number of allylic oxidation sites excluding steroid dienone is 1. The number of alkyl halides is 2. The molecule has 3 saturated heterocycles. The molecule has 0 aliphatic carbocycles. The summed E-state index contributed by atoms with van der Waals surface area (Å²) in [6, 6.07) is 12.9. The van der Waals surface area contributed by atoms with Crippen molar-refractivity contribution in [2.24, 2.45) is 16.1 Å². The first-order chi connectivity index (χ1) is 29.6. The van der Waals surface area contributed by atoms with Crippen LogP contribution < -0.4 is 26.6 Å². The van der Waals surface area contributed by atoms with Gasteiger partial charge in [0.25, 0.3) is 0 Å². The first-order valence-corrected chi connectivity index (χ1v) is 20.6. The van der Waals surface area contributed by atoms with Crippen molar-refractivity contribution in [3.8, 4) is 11.8 Å². The van der Waals surface area contributed by atoms with Crippen LogP contribution in [-0.4, -0.2) is 116 Å². The lowest BCUT2D eigenvalue weighted by Gasteiger charge is -2.47. The van der Waals surface area contributed by atoms with Gasteiger partial charge >= 0.3 is 12.6 Å². The Hall–Kier alpha value is -5.54. The number of halogens is 4. The second-order valence-corrected chi connectivity index (χ2v) is 16.8. The predicted octanol–water partition coefficient (Wildman–Crippen LogP) is 4.35. The SMILES string of the molecule is COC(=O)N[C@H](C(=O)N[C@@H](Cc1ccc(C#Cc2ccc(N3CC4CCC(C3)N4C3COC3)nc2)cc1)[C@@H](O)CNCc1c(F)cc(C(N)=CC=NC(F)F)cc1F)C(C)(C)C. The lowest BCUT2D eigenvalue weighted by Crippen LogP contribution is -2.62. The van der Waals surface area contributed by atoms with Crippen LogP contribution in [0.25, 0.3) is 5.70 Å². The zero-order chi connectivity index (χ0) is 44.6. The molecule has 3 aliphatic heterocycles. The van der Waals surface area contributed by atoms with Crippen molar-refractivity contribution in [3.63, 3.8) is 0 Å². The number of aliphatic hydroxyl groups is 1. The number of benzene rings is 2. The van der Waals surface area contributed by atoms with E-state index in [2.05, 4.69) is 42.6 Å². The van der Waals surface area contributed by atoms with E-state index in [4.69, 9.17) is 20.2 Å². The second-order valence-electron chi connectivity index (χ2n) is 16.8. The standard InChI is InChI=1S/C45H54F4N8O5/c1-45(2,3)41(55-44(60)61-4)42(59)54-38(39(58)22-51-21-34-35(46)18-30(19-36(34)47)37(50)15-16-52-43(48)49)17-28-8-5-27(6-9-28)7-10-29-11-14-40(53-20-29)56-23-31-12-13-32(24-56)57(31)33-25-62-26-33/h5-6,8-9,11,14-16,18-20,31-33,38-39,41,43,51,58H,12-13,17,21-26,50H2,1-4H3,(H,54,59)(H,55,60)/t31?,32?,38-,39-,41+/m0/s1. The summed E-state index contributed by atoms with van der Waals surface area (Å²) < 4.78 is 64.9. The molecule has 17 heteroatoms. The van der Waals surface area contributed by atoms with Crippen molar-refractivity contribution >= 4 is 29.7 Å². The molecule has 2 aromatic carbocycles. The quantitative estimate of drug-likeness (QED) is 0.0642. The van der Waals surface area contributed by atoms with E-state index < -0.39 is 53.8 Å². The number of aliphatic imine (C=N–C) groups is 1. The van der Waals surface area contributed by atoms with Gasteiger partial charge in [0.2, 0.25) is 5.91 Å². The number of pyridine rings is 1. The van der Waals surface area contributed by atoms with Crippen LogP contribution in [0.5, 0.6) is 0 Å². The van der Waals surface area contributed by atoms with Crippen LogP contribution in [0.1, 0.15) is 61.4 Å². The zero-order valence-electron chi connectivity index (χ0n) is 35.2. The molecule has 1 aromatic heterocycles. The summed E-state index contributed by atoms with van der Waals surface area (Å²) in [5, 5.41) is 19.7. The molecule has 3 aliphatic rings. The average molecular weight is 863 g/mol. The molecule has 2 unspecified atom stereocenters. The molecule has 3 aromatic rings. The van der Waals surface area contributed by atoms with Crippen LogP contribution in [-0.2, 0) is 27.2 Å². The number of aromatic nitrogens is 1. The van der Waals surface area contributed by atoms with Gasteiger partial charge in [-0.3, -0.25) is 9.69 Å². The molecule has 0 saturated carbocycles. The predicted molar refractivity (Wildman–Crippen MR) is 227 cm³/mol. The Bertz CT molecular complexity index is 2110. The van der Waals surface area contributed by atoms with E-state index in [1.165, 1.54) is 20.0 Å². The number of aliphatic hydroxyl groups excluding tert-OH is 1. The van der Waals surface area contributed by atoms with Crippen LogP contribution in [0.3, 0.4) is 0 Å². The van der Waals surface area contributed by atoms with E-state index in [9.17, 15) is 23.5 Å². The average Bonchev–Trinajstić information content (AvgIpc) is 3.44. The van der Waals surface area contributed by atoms with Crippen LogP contribution in [0.15, 0.2) is 65.8 Å². The number of nitrogens with two attached hydrogens (primary N) is 1. The summed E-state index contributed by atoms with van der Waals surface area (Å²) >= 11 is 0. The third-order valence-electron chi connectivity index (χ3n) is 11.4. The van der Waals surface area contributed by atoms with Crippen LogP contribution in [0.2, 0.25) is 0 Å². The molecular weight excluding hydrogens is 809 g/mol. The number of alkyl carbamates (subject to hydrolysis) is 1. The maximum absolute atomic E-state index is 15.0. The second kappa shape index (κ2) is 20.6. The van der Waals surface area contributed by atoms with Gasteiger partial charge in [-0.15, -0.1) is 0 Å². The first kappa shape index (κ1) is 46.0. The monoisotopic (exact) mass is 862 g/mol. The summed E-state index contributed by atoms with van der Waals surface area (Å²) in [4.78, 5) is 38.5. The number of carbonyl (C=O) groups is 2. The van der Waals surface area contributed by atoms with Crippen LogP contribution >= 0.6 is 0 Å². The summed E-state index contributed by atoms with van der Waals surface area (Å²) in [6.07, 6.45) is 4.00. The Kier molecular flexibility index (Phi) is 15.2. The third kappa shape index (κ3) is 11.9.